The molecular weight excluding hydrogens is 514 g/mol. The molecule has 0 aliphatic carbocycles. The summed E-state index contributed by atoms with van der Waals surface area (Å²) in [6.45, 7) is 2.92. The van der Waals surface area contributed by atoms with E-state index in [0.717, 1.165) is 15.4 Å². The number of aryl methyl sites for hydroxylation is 1. The first-order valence-corrected chi connectivity index (χ1v) is 13.4. The lowest BCUT2D eigenvalue weighted by Crippen LogP contribution is -2.50. The van der Waals surface area contributed by atoms with E-state index in [2.05, 4.69) is 5.32 Å². The molecule has 0 fully saturated rings. The van der Waals surface area contributed by atoms with Crippen LogP contribution in [0.1, 0.15) is 18.1 Å². The van der Waals surface area contributed by atoms with Crippen LogP contribution in [0.4, 0.5) is 5.69 Å². The van der Waals surface area contributed by atoms with Gasteiger partial charge in [-0.15, -0.1) is 0 Å². The number of sulfonamides is 1. The number of amides is 2. The van der Waals surface area contributed by atoms with Gasteiger partial charge < -0.3 is 15.0 Å². The molecule has 0 aromatic heterocycles. The summed E-state index contributed by atoms with van der Waals surface area (Å²) in [7, 11) is -1.13. The summed E-state index contributed by atoms with van der Waals surface area (Å²) in [4.78, 5) is 27.7. The number of nitrogens with zero attached hydrogens (tertiary/aromatic N) is 2. The highest BCUT2D eigenvalue weighted by Crippen LogP contribution is 2.28. The number of hydrogen-bond acceptors (Lipinski definition) is 5. The number of rotatable bonds is 10. The molecule has 37 heavy (non-hydrogen) atoms. The Labute approximate surface area is 222 Å². The zero-order chi connectivity index (χ0) is 27.2. The number of carbonyl (C=O) groups excluding carboxylic acids is 2. The summed E-state index contributed by atoms with van der Waals surface area (Å²) in [5.41, 5.74) is 1.72. The normalized spacial score (nSPS) is 11.9. The Kier molecular flexibility index (Phi) is 9.18. The molecule has 0 bridgehead atoms. The number of ether oxygens (including phenoxy) is 1. The molecular formula is C27H30ClN3O5S. The van der Waals surface area contributed by atoms with Gasteiger partial charge in [-0.1, -0.05) is 48.0 Å². The molecule has 2 amide bonds. The molecule has 0 saturated heterocycles. The van der Waals surface area contributed by atoms with Crippen molar-refractivity contribution >= 4 is 39.1 Å². The first kappa shape index (κ1) is 28.0. The van der Waals surface area contributed by atoms with Crippen LogP contribution in [0.3, 0.4) is 0 Å². The van der Waals surface area contributed by atoms with Crippen molar-refractivity contribution in [3.63, 3.8) is 0 Å². The SMILES string of the molecule is CNC(=O)[C@@H](C)N(Cc1cccc(OC)c1)C(=O)CN(c1ccc(C)c(Cl)c1)S(=O)(=O)c1ccccc1. The Balaban J connectivity index is 2.05. The van der Waals surface area contributed by atoms with Crippen molar-refractivity contribution in [1.82, 2.24) is 10.2 Å². The van der Waals surface area contributed by atoms with Crippen molar-refractivity contribution in [2.45, 2.75) is 31.3 Å². The Morgan fingerprint density at radius 3 is 2.35 bits per heavy atom. The van der Waals surface area contributed by atoms with E-state index in [9.17, 15) is 18.0 Å². The predicted octanol–water partition coefficient (Wildman–Crippen LogP) is 4.02. The van der Waals surface area contributed by atoms with Gasteiger partial charge in [0.05, 0.1) is 17.7 Å². The highest BCUT2D eigenvalue weighted by Gasteiger charge is 2.32. The molecule has 0 aliphatic heterocycles. The molecule has 0 aliphatic rings. The minimum Gasteiger partial charge on any atom is -0.497 e. The summed E-state index contributed by atoms with van der Waals surface area (Å²) in [5, 5.41) is 2.92. The molecule has 1 N–H and O–H groups in total. The average Bonchev–Trinajstić information content (AvgIpc) is 2.91. The van der Waals surface area contributed by atoms with Gasteiger partial charge in [-0.3, -0.25) is 13.9 Å². The molecule has 1 atom stereocenters. The summed E-state index contributed by atoms with van der Waals surface area (Å²) in [6.07, 6.45) is 0. The van der Waals surface area contributed by atoms with Crippen molar-refractivity contribution in [2.75, 3.05) is 25.0 Å². The lowest BCUT2D eigenvalue weighted by atomic mass is 10.1. The number of halogens is 1. The van der Waals surface area contributed by atoms with E-state index in [-0.39, 0.29) is 23.0 Å². The third-order valence-corrected chi connectivity index (χ3v) is 8.15. The Bertz CT molecular complexity index is 1370. The van der Waals surface area contributed by atoms with Crippen LogP contribution in [0.5, 0.6) is 5.75 Å². The van der Waals surface area contributed by atoms with Crippen LogP contribution >= 0.6 is 11.6 Å². The molecule has 0 saturated carbocycles. The van der Waals surface area contributed by atoms with Crippen LogP contribution < -0.4 is 14.4 Å². The summed E-state index contributed by atoms with van der Waals surface area (Å²) < 4.78 is 33.7. The maximum Gasteiger partial charge on any atom is 0.264 e. The van der Waals surface area contributed by atoms with E-state index >= 15 is 0 Å². The lowest BCUT2D eigenvalue weighted by molar-refractivity contribution is -0.139. The number of benzene rings is 3. The predicted molar refractivity (Wildman–Crippen MR) is 144 cm³/mol. The number of likely N-dealkylation sites (N-methyl/N-ethyl adjacent to an activating group) is 1. The van der Waals surface area contributed by atoms with Crippen LogP contribution in [0.15, 0.2) is 77.7 Å². The zero-order valence-corrected chi connectivity index (χ0v) is 22.7. The number of nitrogens with one attached hydrogen (secondary N) is 1. The molecule has 3 rings (SSSR count). The summed E-state index contributed by atoms with van der Waals surface area (Å²) in [5.74, 6) is -0.345. The maximum absolute atomic E-state index is 13.8. The highest BCUT2D eigenvalue weighted by molar-refractivity contribution is 7.92. The van der Waals surface area contributed by atoms with Crippen LogP contribution in [-0.4, -0.2) is 51.9 Å². The maximum atomic E-state index is 13.8. The second-order valence-electron chi connectivity index (χ2n) is 8.42. The number of anilines is 1. The van der Waals surface area contributed by atoms with E-state index < -0.39 is 28.5 Å². The Morgan fingerprint density at radius 1 is 1.03 bits per heavy atom. The lowest BCUT2D eigenvalue weighted by Gasteiger charge is -2.32. The van der Waals surface area contributed by atoms with Gasteiger partial charge in [-0.25, -0.2) is 8.42 Å². The van der Waals surface area contributed by atoms with E-state index in [1.54, 1.807) is 68.4 Å². The van der Waals surface area contributed by atoms with Gasteiger partial charge in [0.1, 0.15) is 18.3 Å². The number of hydrogen-bond donors (Lipinski definition) is 1. The van der Waals surface area contributed by atoms with Crippen molar-refractivity contribution in [2.24, 2.45) is 0 Å². The van der Waals surface area contributed by atoms with Crippen LogP contribution in [-0.2, 0) is 26.2 Å². The summed E-state index contributed by atoms with van der Waals surface area (Å²) in [6, 6.07) is 18.9. The largest absolute Gasteiger partial charge is 0.497 e. The fourth-order valence-electron chi connectivity index (χ4n) is 3.74. The second kappa shape index (κ2) is 12.1. The van der Waals surface area contributed by atoms with Crippen molar-refractivity contribution in [3.05, 3.63) is 88.9 Å². The monoisotopic (exact) mass is 543 g/mol. The fraction of sp³-hybridized carbons (Fsp3) is 0.259. The molecule has 0 radical (unpaired) electrons. The molecule has 3 aromatic carbocycles. The first-order valence-electron chi connectivity index (χ1n) is 11.6. The minimum absolute atomic E-state index is 0.0261. The van der Waals surface area contributed by atoms with Gasteiger partial charge >= 0.3 is 0 Å². The molecule has 0 unspecified atom stereocenters. The van der Waals surface area contributed by atoms with Gasteiger partial charge in [0, 0.05) is 18.6 Å². The van der Waals surface area contributed by atoms with Gasteiger partial charge in [-0.2, -0.15) is 0 Å². The zero-order valence-electron chi connectivity index (χ0n) is 21.1. The Hall–Kier alpha value is -3.56. The van der Waals surface area contributed by atoms with Crippen molar-refractivity contribution in [1.29, 1.82) is 0 Å². The number of carbonyl (C=O) groups is 2. The van der Waals surface area contributed by atoms with Gasteiger partial charge in [0.2, 0.25) is 11.8 Å². The third-order valence-electron chi connectivity index (χ3n) is 5.95. The summed E-state index contributed by atoms with van der Waals surface area (Å²) >= 11 is 6.32. The van der Waals surface area contributed by atoms with E-state index in [4.69, 9.17) is 16.3 Å². The average molecular weight is 544 g/mol. The standard InChI is InChI=1S/C27H30ClN3O5S/c1-19-13-14-22(16-25(19)28)31(37(34,35)24-11-6-5-7-12-24)18-26(32)30(20(2)27(33)29-3)17-21-9-8-10-23(15-21)36-4/h5-16,20H,17-18H2,1-4H3,(H,29,33)/t20-/m1/s1. The quantitative estimate of drug-likeness (QED) is 0.417. The van der Waals surface area contributed by atoms with Gasteiger partial charge in [-0.05, 0) is 61.4 Å². The fourth-order valence-corrected chi connectivity index (χ4v) is 5.35. The topological polar surface area (TPSA) is 96.0 Å². The van der Waals surface area contributed by atoms with Gasteiger partial charge in [0.25, 0.3) is 10.0 Å². The van der Waals surface area contributed by atoms with Crippen molar-refractivity contribution in [3.8, 4) is 5.75 Å². The second-order valence-corrected chi connectivity index (χ2v) is 10.7. The molecule has 0 spiro atoms. The molecule has 196 valence electrons. The number of methoxy groups -OCH3 is 1. The molecule has 8 nitrogen and oxygen atoms in total. The van der Waals surface area contributed by atoms with Gasteiger partial charge in [0.15, 0.2) is 0 Å². The van der Waals surface area contributed by atoms with Crippen LogP contribution in [0.2, 0.25) is 5.02 Å². The third kappa shape index (κ3) is 6.61. The molecule has 10 heteroatoms. The van der Waals surface area contributed by atoms with E-state index in [1.807, 2.05) is 0 Å². The van der Waals surface area contributed by atoms with Crippen LogP contribution in [0, 0.1) is 6.92 Å². The Morgan fingerprint density at radius 2 is 1.73 bits per heavy atom. The highest BCUT2D eigenvalue weighted by atomic mass is 35.5. The van der Waals surface area contributed by atoms with Crippen LogP contribution in [0.25, 0.3) is 0 Å². The molecule has 0 heterocycles. The first-order chi connectivity index (χ1) is 17.6. The smallest absolute Gasteiger partial charge is 0.264 e. The van der Waals surface area contributed by atoms with E-state index in [1.165, 1.54) is 37.3 Å². The van der Waals surface area contributed by atoms with Crippen molar-refractivity contribution < 1.29 is 22.7 Å². The molecule has 3 aromatic rings. The van der Waals surface area contributed by atoms with E-state index in [0.29, 0.717) is 10.8 Å². The minimum atomic E-state index is -4.14.